The summed E-state index contributed by atoms with van der Waals surface area (Å²) in [5.41, 5.74) is 7.39. The number of hydrogen-bond acceptors (Lipinski definition) is 3. The van der Waals surface area contributed by atoms with E-state index in [0.29, 0.717) is 0 Å². The van der Waals surface area contributed by atoms with Gasteiger partial charge in [0.2, 0.25) is 0 Å². The summed E-state index contributed by atoms with van der Waals surface area (Å²) in [7, 11) is 0. The smallest absolute Gasteiger partial charge is 0.0836 e. The van der Waals surface area contributed by atoms with Gasteiger partial charge in [0.05, 0.1) is 5.60 Å². The summed E-state index contributed by atoms with van der Waals surface area (Å²) in [6.07, 6.45) is 7.17. The van der Waals surface area contributed by atoms with Gasteiger partial charge in [-0.25, -0.2) is 0 Å². The second-order valence-electron chi connectivity index (χ2n) is 5.96. The van der Waals surface area contributed by atoms with Gasteiger partial charge in [-0.15, -0.1) is 0 Å². The van der Waals surface area contributed by atoms with E-state index in [2.05, 4.69) is 34.8 Å². The molecule has 1 saturated carbocycles. The molecule has 0 bridgehead atoms. The third-order valence-corrected chi connectivity index (χ3v) is 4.91. The van der Waals surface area contributed by atoms with Gasteiger partial charge in [0.15, 0.2) is 0 Å². The second kappa shape index (κ2) is 7.01. The minimum atomic E-state index is -0.157. The highest BCUT2D eigenvalue weighted by molar-refractivity contribution is 9.10. The molecule has 20 heavy (non-hydrogen) atoms. The topological polar surface area (TPSA) is 48.1 Å². The second-order valence-corrected chi connectivity index (χ2v) is 6.87. The molecule has 1 aromatic heterocycles. The molecule has 0 aliphatic heterocycles. The monoisotopic (exact) mass is 340 g/mol. The summed E-state index contributed by atoms with van der Waals surface area (Å²) in [5.74, 6) is 0.793. The van der Waals surface area contributed by atoms with Gasteiger partial charge in [-0.05, 0) is 66.6 Å². The van der Waals surface area contributed by atoms with E-state index in [1.54, 1.807) is 0 Å². The molecule has 1 aromatic rings. The zero-order valence-electron chi connectivity index (χ0n) is 12.4. The fraction of sp³-hybridized carbons (Fsp3) is 0.688. The largest absolute Gasteiger partial charge is 0.374 e. The molecule has 0 amide bonds. The highest BCUT2D eigenvalue weighted by Crippen LogP contribution is 2.37. The predicted molar refractivity (Wildman–Crippen MR) is 85.6 cm³/mol. The van der Waals surface area contributed by atoms with Crippen molar-refractivity contribution in [2.75, 3.05) is 6.61 Å². The number of ether oxygens (including phenoxy) is 1. The van der Waals surface area contributed by atoms with Gasteiger partial charge in [-0.2, -0.15) is 0 Å². The van der Waals surface area contributed by atoms with E-state index in [0.717, 1.165) is 42.0 Å². The van der Waals surface area contributed by atoms with Crippen molar-refractivity contribution in [1.29, 1.82) is 0 Å². The van der Waals surface area contributed by atoms with Gasteiger partial charge in [-0.3, -0.25) is 4.98 Å². The van der Waals surface area contributed by atoms with Crippen LogP contribution in [-0.2, 0) is 11.2 Å². The minimum Gasteiger partial charge on any atom is -0.374 e. The molecule has 1 aliphatic rings. The van der Waals surface area contributed by atoms with Crippen LogP contribution in [0.5, 0.6) is 0 Å². The third-order valence-electron chi connectivity index (χ3n) is 4.45. The van der Waals surface area contributed by atoms with Crippen molar-refractivity contribution in [2.24, 2.45) is 11.7 Å². The van der Waals surface area contributed by atoms with Crippen LogP contribution >= 0.6 is 15.9 Å². The molecule has 1 atom stereocenters. The molecule has 112 valence electrons. The van der Waals surface area contributed by atoms with Crippen LogP contribution in [0.25, 0.3) is 0 Å². The highest BCUT2D eigenvalue weighted by atomic mass is 79.9. The summed E-state index contributed by atoms with van der Waals surface area (Å²) in [6, 6.07) is 4.07. The zero-order chi connectivity index (χ0) is 14.6. The van der Waals surface area contributed by atoms with E-state index in [1.807, 2.05) is 18.3 Å². The van der Waals surface area contributed by atoms with Crippen molar-refractivity contribution in [3.8, 4) is 0 Å². The number of halogens is 1. The standard InChI is InChI=1S/C16H25BrN2O/c1-3-20-16(8-6-12(2)7-9-16)15(18)10-14-5-4-13(17)11-19-14/h4-5,11-12,15H,3,6-10,18H2,1-2H3. The van der Waals surface area contributed by atoms with Gasteiger partial charge in [0, 0.05) is 35.4 Å². The lowest BCUT2D eigenvalue weighted by molar-refractivity contribution is -0.0885. The molecule has 0 radical (unpaired) electrons. The molecule has 0 aromatic carbocycles. The average molecular weight is 341 g/mol. The van der Waals surface area contributed by atoms with Gasteiger partial charge in [-0.1, -0.05) is 6.92 Å². The highest BCUT2D eigenvalue weighted by Gasteiger charge is 2.40. The van der Waals surface area contributed by atoms with Crippen LogP contribution in [0, 0.1) is 5.92 Å². The first-order chi connectivity index (χ1) is 9.55. The number of pyridine rings is 1. The van der Waals surface area contributed by atoms with Crippen LogP contribution in [0.2, 0.25) is 0 Å². The molecule has 1 heterocycles. The van der Waals surface area contributed by atoms with E-state index < -0.39 is 0 Å². The Morgan fingerprint density at radius 1 is 1.45 bits per heavy atom. The van der Waals surface area contributed by atoms with E-state index in [-0.39, 0.29) is 11.6 Å². The Bertz CT molecular complexity index is 413. The van der Waals surface area contributed by atoms with E-state index in [4.69, 9.17) is 10.5 Å². The minimum absolute atomic E-state index is 0.0172. The summed E-state index contributed by atoms with van der Waals surface area (Å²) in [5, 5.41) is 0. The first kappa shape index (κ1) is 15.9. The average Bonchev–Trinajstić information content (AvgIpc) is 2.44. The lowest BCUT2D eigenvalue weighted by Gasteiger charge is -2.43. The predicted octanol–water partition coefficient (Wildman–Crippen LogP) is 3.70. The maximum atomic E-state index is 6.51. The van der Waals surface area contributed by atoms with Gasteiger partial charge in [0.1, 0.15) is 0 Å². The van der Waals surface area contributed by atoms with Crippen LogP contribution in [-0.4, -0.2) is 23.2 Å². The van der Waals surface area contributed by atoms with Crippen LogP contribution in [0.15, 0.2) is 22.8 Å². The van der Waals surface area contributed by atoms with Crippen LogP contribution in [0.3, 0.4) is 0 Å². The number of nitrogens with zero attached hydrogens (tertiary/aromatic N) is 1. The van der Waals surface area contributed by atoms with Gasteiger partial charge >= 0.3 is 0 Å². The van der Waals surface area contributed by atoms with Crippen molar-refractivity contribution < 1.29 is 4.74 Å². The van der Waals surface area contributed by atoms with E-state index >= 15 is 0 Å². The lowest BCUT2D eigenvalue weighted by Crippen LogP contribution is -2.53. The SMILES string of the molecule is CCOC1(C(N)Cc2ccc(Br)cn2)CCC(C)CC1. The van der Waals surface area contributed by atoms with Gasteiger partial charge in [0.25, 0.3) is 0 Å². The maximum absolute atomic E-state index is 6.51. The van der Waals surface area contributed by atoms with Crippen LogP contribution in [0.1, 0.15) is 45.2 Å². The Morgan fingerprint density at radius 3 is 2.70 bits per heavy atom. The summed E-state index contributed by atoms with van der Waals surface area (Å²) in [4.78, 5) is 4.44. The fourth-order valence-corrected chi connectivity index (χ4v) is 3.33. The Morgan fingerprint density at radius 2 is 2.15 bits per heavy atom. The first-order valence-corrected chi connectivity index (χ1v) is 8.35. The summed E-state index contributed by atoms with van der Waals surface area (Å²) < 4.78 is 7.12. The zero-order valence-corrected chi connectivity index (χ0v) is 14.0. The number of aromatic nitrogens is 1. The summed E-state index contributed by atoms with van der Waals surface area (Å²) in [6.45, 7) is 5.11. The number of hydrogen-bond donors (Lipinski definition) is 1. The van der Waals surface area contributed by atoms with Gasteiger partial charge < -0.3 is 10.5 Å². The van der Waals surface area contributed by atoms with Crippen molar-refractivity contribution in [1.82, 2.24) is 4.98 Å². The number of nitrogens with two attached hydrogens (primary N) is 1. The molecule has 2 rings (SSSR count). The molecule has 0 spiro atoms. The maximum Gasteiger partial charge on any atom is 0.0836 e. The molecule has 3 nitrogen and oxygen atoms in total. The third kappa shape index (κ3) is 3.80. The summed E-state index contributed by atoms with van der Waals surface area (Å²) >= 11 is 3.41. The van der Waals surface area contributed by atoms with Crippen molar-refractivity contribution in [2.45, 2.75) is 57.6 Å². The molecule has 1 aliphatic carbocycles. The first-order valence-electron chi connectivity index (χ1n) is 7.55. The Hall–Kier alpha value is -0.450. The normalized spacial score (nSPS) is 28.3. The Kier molecular flexibility index (Phi) is 5.58. The van der Waals surface area contributed by atoms with Crippen molar-refractivity contribution in [3.05, 3.63) is 28.5 Å². The van der Waals surface area contributed by atoms with E-state index in [1.165, 1.54) is 12.8 Å². The molecule has 0 saturated heterocycles. The van der Waals surface area contributed by atoms with Crippen LogP contribution < -0.4 is 5.73 Å². The molecular formula is C16H25BrN2O. The quantitative estimate of drug-likeness (QED) is 0.888. The molecule has 2 N–H and O–H groups in total. The molecular weight excluding hydrogens is 316 g/mol. The molecule has 1 unspecified atom stereocenters. The van der Waals surface area contributed by atoms with E-state index in [9.17, 15) is 0 Å². The Labute approximate surface area is 130 Å². The molecule has 4 heteroatoms. The van der Waals surface area contributed by atoms with Crippen molar-refractivity contribution in [3.63, 3.8) is 0 Å². The van der Waals surface area contributed by atoms with Crippen molar-refractivity contribution >= 4 is 15.9 Å². The fourth-order valence-electron chi connectivity index (χ4n) is 3.10. The Balaban J connectivity index is 2.06. The lowest BCUT2D eigenvalue weighted by atomic mass is 9.74. The molecule has 1 fully saturated rings. The number of rotatable bonds is 5. The van der Waals surface area contributed by atoms with Crippen LogP contribution in [0.4, 0.5) is 0 Å².